The smallest absolute Gasteiger partial charge is 0.153 e. The molecule has 2 rings (SSSR count). The molecule has 0 fully saturated rings. The van der Waals surface area contributed by atoms with E-state index in [1.165, 1.54) is 0 Å². The highest BCUT2D eigenvalue weighted by Gasteiger charge is 2.24. The minimum atomic E-state index is -0.108. The van der Waals surface area contributed by atoms with Crippen LogP contribution in [0.5, 0.6) is 5.75 Å². The number of hydrogen-bond donors (Lipinski definition) is 1. The van der Waals surface area contributed by atoms with Gasteiger partial charge in [0.25, 0.3) is 0 Å². The maximum Gasteiger partial charge on any atom is 0.153 e. The number of methoxy groups -OCH3 is 1. The van der Waals surface area contributed by atoms with Gasteiger partial charge in [-0.05, 0) is 40.7 Å². The van der Waals surface area contributed by atoms with Gasteiger partial charge in [0, 0.05) is 17.6 Å². The Labute approximate surface area is 131 Å². The van der Waals surface area contributed by atoms with Gasteiger partial charge >= 0.3 is 0 Å². The highest BCUT2D eigenvalue weighted by molar-refractivity contribution is 9.10. The van der Waals surface area contributed by atoms with E-state index in [1.54, 1.807) is 11.8 Å². The van der Waals surface area contributed by atoms with Crippen LogP contribution in [0.15, 0.2) is 22.8 Å². The van der Waals surface area contributed by atoms with E-state index in [0.29, 0.717) is 9.63 Å². The summed E-state index contributed by atoms with van der Waals surface area (Å²) in [4.78, 5) is 0. The second kappa shape index (κ2) is 6.56. The van der Waals surface area contributed by atoms with Crippen LogP contribution in [-0.4, -0.2) is 28.6 Å². The summed E-state index contributed by atoms with van der Waals surface area (Å²) in [5.74, 6) is 0.772. The minimum Gasteiger partial charge on any atom is -0.496 e. The Morgan fingerprint density at radius 1 is 1.50 bits per heavy atom. The van der Waals surface area contributed by atoms with Crippen LogP contribution in [0.25, 0.3) is 0 Å². The summed E-state index contributed by atoms with van der Waals surface area (Å²) >= 11 is 9.57. The molecule has 1 N–H and O–H groups in total. The Balaban J connectivity index is 2.57. The second-order valence-corrected chi connectivity index (χ2v) is 5.45. The van der Waals surface area contributed by atoms with Crippen LogP contribution in [0.2, 0.25) is 5.02 Å². The zero-order valence-corrected chi connectivity index (χ0v) is 13.9. The molecule has 0 spiro atoms. The molecule has 0 saturated heterocycles. The van der Waals surface area contributed by atoms with Crippen LogP contribution in [0, 0.1) is 0 Å². The maximum absolute atomic E-state index is 6.13. The van der Waals surface area contributed by atoms with Crippen LogP contribution < -0.4 is 10.1 Å². The quantitative estimate of drug-likeness (QED) is 0.892. The molecule has 2 aromatic rings. The van der Waals surface area contributed by atoms with E-state index < -0.39 is 0 Å². The molecule has 0 aliphatic rings. The van der Waals surface area contributed by atoms with Crippen molar-refractivity contribution in [2.75, 3.05) is 13.7 Å². The second-order valence-electron chi connectivity index (χ2n) is 4.27. The topological polar surface area (TPSA) is 52.0 Å². The van der Waals surface area contributed by atoms with Gasteiger partial charge in [-0.15, -0.1) is 5.10 Å². The lowest BCUT2D eigenvalue weighted by Crippen LogP contribution is -2.25. The van der Waals surface area contributed by atoms with Crippen LogP contribution in [-0.2, 0) is 7.05 Å². The van der Waals surface area contributed by atoms with Gasteiger partial charge in [0.15, 0.2) is 4.60 Å². The van der Waals surface area contributed by atoms with Gasteiger partial charge in [-0.3, -0.25) is 0 Å². The third kappa shape index (κ3) is 2.97. The third-order valence-corrected chi connectivity index (χ3v) is 3.81. The molecule has 0 saturated carbocycles. The average molecular weight is 360 g/mol. The molecule has 1 atom stereocenters. The molecule has 20 heavy (non-hydrogen) atoms. The molecule has 5 nitrogen and oxygen atoms in total. The van der Waals surface area contributed by atoms with Gasteiger partial charge in [0.1, 0.15) is 5.75 Å². The van der Waals surface area contributed by atoms with Crippen LogP contribution >= 0.6 is 27.5 Å². The van der Waals surface area contributed by atoms with Crippen molar-refractivity contribution in [3.8, 4) is 5.75 Å². The summed E-state index contributed by atoms with van der Waals surface area (Å²) in [6.07, 6.45) is 0. The lowest BCUT2D eigenvalue weighted by Gasteiger charge is -2.21. The van der Waals surface area contributed by atoms with Crippen molar-refractivity contribution in [1.82, 2.24) is 20.3 Å². The lowest BCUT2D eigenvalue weighted by molar-refractivity contribution is 0.402. The number of benzene rings is 1. The number of rotatable bonds is 5. The number of hydrogen-bond acceptors (Lipinski definition) is 4. The van der Waals surface area contributed by atoms with Gasteiger partial charge in [0.2, 0.25) is 0 Å². The molecule has 1 heterocycles. The predicted molar refractivity (Wildman–Crippen MR) is 82.2 cm³/mol. The minimum absolute atomic E-state index is 0.108. The van der Waals surface area contributed by atoms with Crippen molar-refractivity contribution < 1.29 is 4.74 Å². The first-order valence-electron chi connectivity index (χ1n) is 6.20. The summed E-state index contributed by atoms with van der Waals surface area (Å²) in [7, 11) is 3.50. The average Bonchev–Trinajstić information content (AvgIpc) is 2.76. The normalized spacial score (nSPS) is 12.4. The van der Waals surface area contributed by atoms with Crippen LogP contribution in [0.3, 0.4) is 0 Å². The zero-order chi connectivity index (χ0) is 14.7. The summed E-state index contributed by atoms with van der Waals surface area (Å²) < 4.78 is 7.88. The summed E-state index contributed by atoms with van der Waals surface area (Å²) in [6, 6.07) is 5.46. The largest absolute Gasteiger partial charge is 0.496 e. The van der Waals surface area contributed by atoms with E-state index in [-0.39, 0.29) is 6.04 Å². The van der Waals surface area contributed by atoms with E-state index in [1.807, 2.05) is 32.2 Å². The number of halogens is 2. The van der Waals surface area contributed by atoms with E-state index >= 15 is 0 Å². The van der Waals surface area contributed by atoms with Crippen molar-refractivity contribution in [3.05, 3.63) is 39.1 Å². The fourth-order valence-corrected chi connectivity index (χ4v) is 2.87. The molecule has 1 aromatic carbocycles. The zero-order valence-electron chi connectivity index (χ0n) is 11.5. The van der Waals surface area contributed by atoms with Crippen LogP contribution in [0.4, 0.5) is 0 Å². The summed E-state index contributed by atoms with van der Waals surface area (Å²) in [5.41, 5.74) is 1.88. The van der Waals surface area contributed by atoms with Crippen molar-refractivity contribution in [2.45, 2.75) is 13.0 Å². The molecule has 0 amide bonds. The molecule has 0 bridgehead atoms. The van der Waals surface area contributed by atoms with E-state index in [4.69, 9.17) is 16.3 Å². The number of aryl methyl sites for hydroxylation is 1. The molecular weight excluding hydrogens is 344 g/mol. The summed E-state index contributed by atoms with van der Waals surface area (Å²) in [6.45, 7) is 2.83. The van der Waals surface area contributed by atoms with Gasteiger partial charge < -0.3 is 10.1 Å². The third-order valence-electron chi connectivity index (χ3n) is 3.01. The standard InChI is InChI=1S/C13H16BrClN4O/c1-4-16-11(12-13(14)17-18-19(12)2)9-7-8(15)5-6-10(9)20-3/h5-7,11,16H,4H2,1-3H3. The molecule has 0 radical (unpaired) electrons. The van der Waals surface area contributed by atoms with E-state index in [2.05, 4.69) is 31.6 Å². The van der Waals surface area contributed by atoms with Crippen molar-refractivity contribution in [1.29, 1.82) is 0 Å². The molecule has 1 aromatic heterocycles. The Morgan fingerprint density at radius 2 is 2.25 bits per heavy atom. The van der Waals surface area contributed by atoms with Crippen LogP contribution in [0.1, 0.15) is 24.2 Å². The number of nitrogens with one attached hydrogen (secondary N) is 1. The molecule has 7 heteroatoms. The predicted octanol–water partition coefficient (Wildman–Crippen LogP) is 2.94. The summed E-state index contributed by atoms with van der Waals surface area (Å²) in [5, 5.41) is 12.1. The number of nitrogens with zero attached hydrogens (tertiary/aromatic N) is 3. The van der Waals surface area contributed by atoms with Crippen molar-refractivity contribution >= 4 is 27.5 Å². The number of ether oxygens (including phenoxy) is 1. The van der Waals surface area contributed by atoms with E-state index in [0.717, 1.165) is 23.6 Å². The highest BCUT2D eigenvalue weighted by atomic mass is 79.9. The van der Waals surface area contributed by atoms with Crippen molar-refractivity contribution in [3.63, 3.8) is 0 Å². The van der Waals surface area contributed by atoms with Gasteiger partial charge in [-0.25, -0.2) is 4.68 Å². The molecule has 0 aliphatic carbocycles. The Kier molecular flexibility index (Phi) is 5.01. The van der Waals surface area contributed by atoms with E-state index in [9.17, 15) is 0 Å². The first kappa shape index (κ1) is 15.3. The van der Waals surface area contributed by atoms with Gasteiger partial charge in [-0.2, -0.15) is 0 Å². The molecular formula is C13H16BrClN4O. The molecule has 108 valence electrons. The monoisotopic (exact) mass is 358 g/mol. The number of aromatic nitrogens is 3. The molecule has 1 unspecified atom stereocenters. The van der Waals surface area contributed by atoms with Gasteiger partial charge in [0.05, 0.1) is 18.8 Å². The fraction of sp³-hybridized carbons (Fsp3) is 0.385. The SMILES string of the molecule is CCNC(c1cc(Cl)ccc1OC)c1c(Br)nnn1C. The van der Waals surface area contributed by atoms with Crippen molar-refractivity contribution in [2.24, 2.45) is 7.05 Å². The first-order valence-corrected chi connectivity index (χ1v) is 7.37. The Hall–Kier alpha value is -1.11. The lowest BCUT2D eigenvalue weighted by atomic mass is 10.0. The molecule has 0 aliphatic heterocycles. The Morgan fingerprint density at radius 3 is 2.80 bits per heavy atom. The fourth-order valence-electron chi connectivity index (χ4n) is 2.13. The first-order chi connectivity index (χ1) is 9.58. The Bertz CT molecular complexity index is 583. The highest BCUT2D eigenvalue weighted by Crippen LogP contribution is 2.34. The van der Waals surface area contributed by atoms with Gasteiger partial charge in [-0.1, -0.05) is 23.7 Å². The maximum atomic E-state index is 6.13.